The number of ether oxygens (including phenoxy) is 1. The molecule has 1 aliphatic rings. The summed E-state index contributed by atoms with van der Waals surface area (Å²) in [5.74, 6) is -4.75. The summed E-state index contributed by atoms with van der Waals surface area (Å²) < 4.78 is 78.9. The summed E-state index contributed by atoms with van der Waals surface area (Å²) in [7, 11) is 1.28. The molecule has 0 saturated carbocycles. The molecule has 3 aromatic heterocycles. The van der Waals surface area contributed by atoms with Crippen LogP contribution in [0.25, 0.3) is 27.7 Å². The van der Waals surface area contributed by atoms with E-state index in [2.05, 4.69) is 25.7 Å². The fourth-order valence-corrected chi connectivity index (χ4v) is 4.54. The maximum atomic E-state index is 15.3. The first-order chi connectivity index (χ1) is 18.0. The molecule has 4 heterocycles. The minimum absolute atomic E-state index is 0.0212. The standard InChI is InChI=1S/C23H23F5N8O2/c1-11(20(25)26)36-16-8-13(4-5-15(16)31-33-36)18-14(24)9-35-19(18)21(38-3)30-22(32-35)29-17-6-7-34(12(2)37)10-23(17,27)28/h4-5,8-9,11,17,20H,6-7,10H2,1-3H3,(H,29,32)/t11-,17-/m1/s1. The van der Waals surface area contributed by atoms with E-state index in [0.717, 1.165) is 20.3 Å². The van der Waals surface area contributed by atoms with Crippen LogP contribution in [0.1, 0.15) is 26.3 Å². The molecule has 1 fully saturated rings. The number of fused-ring (bicyclic) bond motifs is 2. The smallest absolute Gasteiger partial charge is 0.285 e. The predicted molar refractivity (Wildman–Crippen MR) is 126 cm³/mol. The molecule has 38 heavy (non-hydrogen) atoms. The fraction of sp³-hybridized carbons (Fsp3) is 0.435. The van der Waals surface area contributed by atoms with Crippen LogP contribution in [0.2, 0.25) is 0 Å². The van der Waals surface area contributed by atoms with E-state index in [0.29, 0.717) is 11.1 Å². The monoisotopic (exact) mass is 538 g/mol. The molecule has 0 radical (unpaired) electrons. The number of nitrogens with one attached hydrogen (secondary N) is 1. The highest BCUT2D eigenvalue weighted by Gasteiger charge is 2.46. The van der Waals surface area contributed by atoms with Crippen LogP contribution in [0.3, 0.4) is 0 Å². The molecular formula is C23H23F5N8O2. The van der Waals surface area contributed by atoms with Crippen LogP contribution in [-0.2, 0) is 4.79 Å². The summed E-state index contributed by atoms with van der Waals surface area (Å²) in [6.07, 6.45) is -1.71. The molecule has 1 aromatic carbocycles. The first-order valence-electron chi connectivity index (χ1n) is 11.7. The average Bonchev–Trinajstić information content (AvgIpc) is 3.43. The lowest BCUT2D eigenvalue weighted by molar-refractivity contribution is -0.140. The van der Waals surface area contributed by atoms with Crippen LogP contribution >= 0.6 is 0 Å². The molecule has 1 saturated heterocycles. The minimum Gasteiger partial charge on any atom is -0.479 e. The Labute approximate surface area is 212 Å². The van der Waals surface area contributed by atoms with Gasteiger partial charge in [0, 0.05) is 13.5 Å². The van der Waals surface area contributed by atoms with Crippen molar-refractivity contribution in [2.24, 2.45) is 0 Å². The van der Waals surface area contributed by atoms with Crippen LogP contribution in [-0.4, -0.2) is 79.0 Å². The average molecular weight is 538 g/mol. The molecule has 0 spiro atoms. The number of halogens is 5. The van der Waals surface area contributed by atoms with Crippen molar-refractivity contribution in [1.29, 1.82) is 0 Å². The summed E-state index contributed by atoms with van der Waals surface area (Å²) in [6.45, 7) is 1.90. The lowest BCUT2D eigenvalue weighted by Gasteiger charge is -2.38. The zero-order chi connectivity index (χ0) is 27.4. The molecule has 5 rings (SSSR count). The van der Waals surface area contributed by atoms with E-state index < -0.39 is 42.7 Å². The van der Waals surface area contributed by atoms with Gasteiger partial charge in [0.1, 0.15) is 17.1 Å². The van der Waals surface area contributed by atoms with E-state index in [1.54, 1.807) is 6.07 Å². The number of piperidine rings is 1. The Morgan fingerprint density at radius 2 is 2.05 bits per heavy atom. The fourth-order valence-electron chi connectivity index (χ4n) is 4.54. The first kappa shape index (κ1) is 25.6. The number of anilines is 1. The zero-order valence-corrected chi connectivity index (χ0v) is 20.5. The Morgan fingerprint density at radius 1 is 1.29 bits per heavy atom. The highest BCUT2D eigenvalue weighted by molar-refractivity contribution is 5.89. The van der Waals surface area contributed by atoms with Gasteiger partial charge in [-0.25, -0.2) is 31.1 Å². The third-order valence-electron chi connectivity index (χ3n) is 6.60. The van der Waals surface area contributed by atoms with Gasteiger partial charge < -0.3 is 15.0 Å². The van der Waals surface area contributed by atoms with Gasteiger partial charge in [-0.1, -0.05) is 11.3 Å². The molecule has 15 heteroatoms. The van der Waals surface area contributed by atoms with E-state index in [1.165, 1.54) is 33.1 Å². The molecule has 1 aliphatic heterocycles. The number of alkyl halides is 4. The van der Waals surface area contributed by atoms with Crippen LogP contribution in [0.4, 0.5) is 27.9 Å². The van der Waals surface area contributed by atoms with E-state index in [-0.39, 0.29) is 41.4 Å². The van der Waals surface area contributed by atoms with Gasteiger partial charge in [0.25, 0.3) is 12.3 Å². The molecule has 1 amide bonds. The number of rotatable bonds is 6. The summed E-state index contributed by atoms with van der Waals surface area (Å²) in [4.78, 5) is 16.8. The van der Waals surface area contributed by atoms with Crippen molar-refractivity contribution in [3.63, 3.8) is 0 Å². The minimum atomic E-state index is -3.26. The Bertz CT molecular complexity index is 1520. The molecule has 0 unspecified atom stereocenters. The molecule has 2 atom stereocenters. The second-order valence-electron chi connectivity index (χ2n) is 9.09. The van der Waals surface area contributed by atoms with Gasteiger partial charge in [0.15, 0.2) is 5.82 Å². The van der Waals surface area contributed by atoms with Crippen LogP contribution in [0.15, 0.2) is 24.4 Å². The van der Waals surface area contributed by atoms with Gasteiger partial charge in [0.05, 0.1) is 37.0 Å². The van der Waals surface area contributed by atoms with Crippen molar-refractivity contribution in [2.45, 2.75) is 44.7 Å². The van der Waals surface area contributed by atoms with E-state index in [9.17, 15) is 22.4 Å². The van der Waals surface area contributed by atoms with E-state index in [1.807, 2.05) is 0 Å². The summed E-state index contributed by atoms with van der Waals surface area (Å²) in [5, 5.41) is 14.4. The number of hydrogen-bond donors (Lipinski definition) is 1. The molecule has 1 N–H and O–H groups in total. The van der Waals surface area contributed by atoms with Crippen molar-refractivity contribution in [3.8, 4) is 17.0 Å². The Kier molecular flexibility index (Phi) is 6.31. The maximum absolute atomic E-state index is 15.3. The number of nitrogens with zero attached hydrogens (tertiary/aromatic N) is 7. The molecular weight excluding hydrogens is 515 g/mol. The van der Waals surface area contributed by atoms with Gasteiger partial charge >= 0.3 is 0 Å². The van der Waals surface area contributed by atoms with Gasteiger partial charge in [-0.15, -0.1) is 10.2 Å². The zero-order valence-electron chi connectivity index (χ0n) is 20.5. The number of carbonyl (C=O) groups is 1. The van der Waals surface area contributed by atoms with Crippen LogP contribution in [0.5, 0.6) is 5.88 Å². The number of methoxy groups -OCH3 is 1. The normalized spacial score (nSPS) is 18.3. The highest BCUT2D eigenvalue weighted by Crippen LogP contribution is 2.36. The van der Waals surface area contributed by atoms with Gasteiger partial charge in [0.2, 0.25) is 17.7 Å². The Morgan fingerprint density at radius 3 is 2.71 bits per heavy atom. The number of likely N-dealkylation sites (tertiary alicyclic amines) is 1. The number of benzene rings is 1. The molecule has 10 nitrogen and oxygen atoms in total. The maximum Gasteiger partial charge on any atom is 0.285 e. The predicted octanol–water partition coefficient (Wildman–Crippen LogP) is 3.78. The van der Waals surface area contributed by atoms with E-state index in [4.69, 9.17) is 4.74 Å². The molecule has 0 bridgehead atoms. The van der Waals surface area contributed by atoms with Crippen molar-refractivity contribution < 1.29 is 31.5 Å². The van der Waals surface area contributed by atoms with Gasteiger partial charge in [-0.3, -0.25) is 4.79 Å². The highest BCUT2D eigenvalue weighted by atomic mass is 19.3. The van der Waals surface area contributed by atoms with E-state index >= 15 is 4.39 Å². The Balaban J connectivity index is 1.54. The first-order valence-corrected chi connectivity index (χ1v) is 11.7. The molecule has 202 valence electrons. The van der Waals surface area contributed by atoms with Gasteiger partial charge in [-0.05, 0) is 31.0 Å². The van der Waals surface area contributed by atoms with Crippen molar-refractivity contribution in [1.82, 2.24) is 34.5 Å². The third kappa shape index (κ3) is 4.35. The summed E-state index contributed by atoms with van der Waals surface area (Å²) in [6, 6.07) is 1.90. The number of amides is 1. The molecule has 0 aliphatic carbocycles. The third-order valence-corrected chi connectivity index (χ3v) is 6.60. The molecule has 4 aromatic rings. The van der Waals surface area contributed by atoms with Crippen LogP contribution < -0.4 is 10.1 Å². The lowest BCUT2D eigenvalue weighted by atomic mass is 10.0. The van der Waals surface area contributed by atoms with Crippen molar-refractivity contribution in [3.05, 3.63) is 30.2 Å². The SMILES string of the molecule is COc1nc(N[C@@H]2CCN(C(C)=O)CC2(F)F)nn2cc(F)c(-c3ccc4nnn([C@H](C)C(F)F)c4c3)c12. The lowest BCUT2D eigenvalue weighted by Crippen LogP contribution is -2.55. The largest absolute Gasteiger partial charge is 0.479 e. The summed E-state index contributed by atoms with van der Waals surface area (Å²) >= 11 is 0. The quantitative estimate of drug-likeness (QED) is 0.373. The number of carbonyl (C=O) groups excluding carboxylic acids is 1. The van der Waals surface area contributed by atoms with Crippen molar-refractivity contribution >= 4 is 28.4 Å². The topological polar surface area (TPSA) is 102 Å². The van der Waals surface area contributed by atoms with Crippen molar-refractivity contribution in [2.75, 3.05) is 25.5 Å². The second-order valence-corrected chi connectivity index (χ2v) is 9.09. The Hall–Kier alpha value is -4.04. The number of hydrogen-bond acceptors (Lipinski definition) is 7. The summed E-state index contributed by atoms with van der Waals surface area (Å²) in [5.41, 5.74) is 1.04. The second kappa shape index (κ2) is 9.36. The number of aromatic nitrogens is 6. The van der Waals surface area contributed by atoms with Crippen LogP contribution in [0, 0.1) is 5.82 Å². The van der Waals surface area contributed by atoms with Gasteiger partial charge in [-0.2, -0.15) is 4.98 Å².